The summed E-state index contributed by atoms with van der Waals surface area (Å²) in [7, 11) is -3.61. The number of carbonyl (C=O) groups is 1. The van der Waals surface area contributed by atoms with Crippen LogP contribution in [0.5, 0.6) is 0 Å². The topological polar surface area (TPSA) is 75.3 Å². The van der Waals surface area contributed by atoms with Gasteiger partial charge < -0.3 is 5.32 Å². The molecule has 0 spiro atoms. The number of hydrogen-bond acceptors (Lipinski definition) is 3. The van der Waals surface area contributed by atoms with E-state index in [1.807, 2.05) is 24.3 Å². The molecule has 0 radical (unpaired) electrons. The Balaban J connectivity index is 1.81. The van der Waals surface area contributed by atoms with Crippen LogP contribution in [-0.4, -0.2) is 20.4 Å². The fourth-order valence-corrected chi connectivity index (χ4v) is 4.24. The number of hydrogen-bond donors (Lipinski definition) is 2. The molecule has 1 aliphatic carbocycles. The number of amides is 1. The standard InChI is InChI=1S/C19H21BrN2O3S/c1-12(2)13-3-5-14(6-4-13)21-19(23)17-11-16(9-10-18(17)20)26(24,25)22-15-7-8-15/h3-6,9-12,15,22H,7-8H2,1-2H3,(H,21,23). The van der Waals surface area contributed by atoms with Gasteiger partial charge in [-0.05, 0) is 70.6 Å². The summed E-state index contributed by atoms with van der Waals surface area (Å²) < 4.78 is 27.9. The molecule has 5 nitrogen and oxygen atoms in total. The van der Waals surface area contributed by atoms with E-state index in [2.05, 4.69) is 39.8 Å². The Morgan fingerprint density at radius 3 is 2.35 bits per heavy atom. The molecule has 2 aromatic carbocycles. The first-order chi connectivity index (χ1) is 12.3. The van der Waals surface area contributed by atoms with Gasteiger partial charge in [-0.2, -0.15) is 0 Å². The maximum absolute atomic E-state index is 12.6. The van der Waals surface area contributed by atoms with Crippen LogP contribution in [0.1, 0.15) is 48.5 Å². The van der Waals surface area contributed by atoms with Crippen LogP contribution in [0, 0.1) is 0 Å². The molecule has 0 saturated heterocycles. The summed E-state index contributed by atoms with van der Waals surface area (Å²) in [4.78, 5) is 12.7. The van der Waals surface area contributed by atoms with E-state index in [9.17, 15) is 13.2 Å². The molecule has 2 N–H and O–H groups in total. The quantitative estimate of drug-likeness (QED) is 0.709. The molecule has 3 rings (SSSR count). The Kier molecular flexibility index (Phi) is 5.50. The first kappa shape index (κ1) is 19.1. The molecule has 1 amide bonds. The second-order valence-electron chi connectivity index (χ2n) is 6.77. The smallest absolute Gasteiger partial charge is 0.256 e. The Morgan fingerprint density at radius 2 is 1.77 bits per heavy atom. The third-order valence-electron chi connectivity index (χ3n) is 4.23. The molecule has 7 heteroatoms. The fourth-order valence-electron chi connectivity index (χ4n) is 2.48. The summed E-state index contributed by atoms with van der Waals surface area (Å²) in [6.07, 6.45) is 1.71. The molecule has 26 heavy (non-hydrogen) atoms. The van der Waals surface area contributed by atoms with Crippen LogP contribution in [0.25, 0.3) is 0 Å². The van der Waals surface area contributed by atoms with Crippen molar-refractivity contribution in [3.05, 3.63) is 58.1 Å². The first-order valence-electron chi connectivity index (χ1n) is 8.49. The lowest BCUT2D eigenvalue weighted by Crippen LogP contribution is -2.26. The summed E-state index contributed by atoms with van der Waals surface area (Å²) in [5, 5.41) is 2.81. The molecule has 2 aromatic rings. The largest absolute Gasteiger partial charge is 0.322 e. The predicted molar refractivity (Wildman–Crippen MR) is 106 cm³/mol. The highest BCUT2D eigenvalue weighted by Gasteiger charge is 2.28. The Bertz CT molecular complexity index is 920. The lowest BCUT2D eigenvalue weighted by atomic mass is 10.0. The highest BCUT2D eigenvalue weighted by Crippen LogP contribution is 2.26. The van der Waals surface area contributed by atoms with E-state index in [1.165, 1.54) is 17.7 Å². The molecule has 0 unspecified atom stereocenters. The fraction of sp³-hybridized carbons (Fsp3) is 0.316. The maximum atomic E-state index is 12.6. The Hall–Kier alpha value is -1.70. The van der Waals surface area contributed by atoms with Gasteiger partial charge >= 0.3 is 0 Å². The van der Waals surface area contributed by atoms with E-state index in [-0.39, 0.29) is 22.4 Å². The zero-order valence-corrected chi connectivity index (χ0v) is 17.0. The van der Waals surface area contributed by atoms with E-state index in [0.717, 1.165) is 12.8 Å². The molecule has 0 aliphatic heterocycles. The minimum absolute atomic E-state index is 0.0143. The van der Waals surface area contributed by atoms with Gasteiger partial charge in [0.25, 0.3) is 5.91 Å². The van der Waals surface area contributed by atoms with Gasteiger partial charge in [-0.25, -0.2) is 13.1 Å². The van der Waals surface area contributed by atoms with Crippen LogP contribution >= 0.6 is 15.9 Å². The molecule has 1 fully saturated rings. The number of carbonyl (C=O) groups excluding carboxylic acids is 1. The van der Waals surface area contributed by atoms with Gasteiger partial charge in [0.2, 0.25) is 10.0 Å². The summed E-state index contributed by atoms with van der Waals surface area (Å²) in [5.41, 5.74) is 2.12. The summed E-state index contributed by atoms with van der Waals surface area (Å²) in [6, 6.07) is 12.1. The molecular weight excluding hydrogens is 416 g/mol. The van der Waals surface area contributed by atoms with Crippen molar-refractivity contribution in [3.63, 3.8) is 0 Å². The SMILES string of the molecule is CC(C)c1ccc(NC(=O)c2cc(S(=O)(=O)NC3CC3)ccc2Br)cc1. The first-order valence-corrected chi connectivity index (χ1v) is 10.8. The van der Waals surface area contributed by atoms with E-state index in [4.69, 9.17) is 0 Å². The molecule has 0 atom stereocenters. The molecule has 0 aromatic heterocycles. The monoisotopic (exact) mass is 436 g/mol. The zero-order chi connectivity index (χ0) is 18.9. The van der Waals surface area contributed by atoms with Crippen molar-refractivity contribution in [1.29, 1.82) is 0 Å². The minimum atomic E-state index is -3.61. The van der Waals surface area contributed by atoms with Gasteiger partial charge in [-0.1, -0.05) is 26.0 Å². The van der Waals surface area contributed by atoms with Crippen LogP contribution < -0.4 is 10.0 Å². The lowest BCUT2D eigenvalue weighted by molar-refractivity contribution is 0.102. The molecule has 1 saturated carbocycles. The average Bonchev–Trinajstić information content (AvgIpc) is 3.38. The summed E-state index contributed by atoms with van der Waals surface area (Å²) in [6.45, 7) is 4.21. The van der Waals surface area contributed by atoms with Gasteiger partial charge in [0.05, 0.1) is 10.5 Å². The normalized spacial score (nSPS) is 14.5. The van der Waals surface area contributed by atoms with Gasteiger partial charge in [0, 0.05) is 16.2 Å². The molecule has 1 aliphatic rings. The predicted octanol–water partition coefficient (Wildman–Crippen LogP) is 4.27. The van der Waals surface area contributed by atoms with Gasteiger partial charge in [0.1, 0.15) is 0 Å². The van der Waals surface area contributed by atoms with E-state index < -0.39 is 10.0 Å². The Morgan fingerprint density at radius 1 is 1.12 bits per heavy atom. The van der Waals surface area contributed by atoms with Gasteiger partial charge in [-0.15, -0.1) is 0 Å². The number of anilines is 1. The van der Waals surface area contributed by atoms with Crippen molar-refractivity contribution in [2.24, 2.45) is 0 Å². The highest BCUT2D eigenvalue weighted by molar-refractivity contribution is 9.10. The third kappa shape index (κ3) is 4.52. The van der Waals surface area contributed by atoms with Crippen LogP contribution in [0.2, 0.25) is 0 Å². The Labute approximate surface area is 162 Å². The summed E-state index contributed by atoms with van der Waals surface area (Å²) >= 11 is 3.33. The van der Waals surface area contributed by atoms with Crippen LogP contribution in [0.3, 0.4) is 0 Å². The van der Waals surface area contributed by atoms with Crippen LogP contribution in [0.15, 0.2) is 51.8 Å². The molecule has 0 bridgehead atoms. The van der Waals surface area contributed by atoms with Crippen LogP contribution in [-0.2, 0) is 10.0 Å². The van der Waals surface area contributed by atoms with Gasteiger partial charge in [0.15, 0.2) is 0 Å². The molecule has 0 heterocycles. The number of sulfonamides is 1. The molecule has 138 valence electrons. The zero-order valence-electron chi connectivity index (χ0n) is 14.6. The van der Waals surface area contributed by atoms with Crippen molar-refractivity contribution < 1.29 is 13.2 Å². The second kappa shape index (κ2) is 7.50. The summed E-state index contributed by atoms with van der Waals surface area (Å²) in [5.74, 6) is 0.0485. The number of rotatable bonds is 6. The number of benzene rings is 2. The number of halogens is 1. The maximum Gasteiger partial charge on any atom is 0.256 e. The number of nitrogens with one attached hydrogen (secondary N) is 2. The lowest BCUT2D eigenvalue weighted by Gasteiger charge is -2.11. The van der Waals surface area contributed by atoms with Crippen molar-refractivity contribution in [2.45, 2.75) is 43.5 Å². The van der Waals surface area contributed by atoms with E-state index >= 15 is 0 Å². The van der Waals surface area contributed by atoms with Crippen LogP contribution in [0.4, 0.5) is 5.69 Å². The molecular formula is C19H21BrN2O3S. The van der Waals surface area contributed by atoms with Gasteiger partial charge in [-0.3, -0.25) is 4.79 Å². The van der Waals surface area contributed by atoms with Crippen molar-refractivity contribution in [1.82, 2.24) is 4.72 Å². The van der Waals surface area contributed by atoms with Crippen molar-refractivity contribution in [2.75, 3.05) is 5.32 Å². The van der Waals surface area contributed by atoms with E-state index in [1.54, 1.807) is 6.07 Å². The van der Waals surface area contributed by atoms with Crippen molar-refractivity contribution in [3.8, 4) is 0 Å². The van der Waals surface area contributed by atoms with Crippen molar-refractivity contribution >= 4 is 37.5 Å². The highest BCUT2D eigenvalue weighted by atomic mass is 79.9. The second-order valence-corrected chi connectivity index (χ2v) is 9.34. The average molecular weight is 437 g/mol. The minimum Gasteiger partial charge on any atom is -0.322 e. The van der Waals surface area contributed by atoms with E-state index in [0.29, 0.717) is 16.1 Å². The third-order valence-corrected chi connectivity index (χ3v) is 6.44.